The Bertz CT molecular complexity index is 662. The number of aliphatic hydroxyl groups is 1. The van der Waals surface area contributed by atoms with Gasteiger partial charge in [-0.2, -0.15) is 5.11 Å². The van der Waals surface area contributed by atoms with Gasteiger partial charge in [0.1, 0.15) is 12.0 Å². The van der Waals surface area contributed by atoms with Gasteiger partial charge in [-0.15, -0.1) is 5.11 Å². The van der Waals surface area contributed by atoms with Crippen LogP contribution in [-0.4, -0.2) is 18.0 Å². The maximum atomic E-state index is 12.2. The SMILES string of the molecule is COc1ccc(C(=O)/C(=C\O)N=Nc2ccccc2)cc1. The van der Waals surface area contributed by atoms with E-state index in [1.54, 1.807) is 43.5 Å². The number of rotatable bonds is 5. The fraction of sp³-hybridized carbons (Fsp3) is 0.0625. The highest BCUT2D eigenvalue weighted by Gasteiger charge is 2.12. The zero-order valence-corrected chi connectivity index (χ0v) is 11.4. The third-order valence-electron chi connectivity index (χ3n) is 2.74. The molecule has 0 aliphatic carbocycles. The fourth-order valence-electron chi connectivity index (χ4n) is 1.63. The van der Waals surface area contributed by atoms with E-state index in [1.807, 2.05) is 18.2 Å². The van der Waals surface area contributed by atoms with Crippen LogP contribution in [-0.2, 0) is 0 Å². The molecule has 5 heteroatoms. The first-order chi connectivity index (χ1) is 10.2. The van der Waals surface area contributed by atoms with Crippen LogP contribution < -0.4 is 4.74 Å². The molecule has 2 rings (SSSR count). The number of aliphatic hydroxyl groups excluding tert-OH is 1. The van der Waals surface area contributed by atoms with Crippen molar-refractivity contribution in [2.45, 2.75) is 0 Å². The zero-order valence-electron chi connectivity index (χ0n) is 11.4. The van der Waals surface area contributed by atoms with Crippen molar-refractivity contribution < 1.29 is 14.6 Å². The molecule has 0 amide bonds. The average Bonchev–Trinajstić information content (AvgIpc) is 2.56. The quantitative estimate of drug-likeness (QED) is 0.389. The van der Waals surface area contributed by atoms with Gasteiger partial charge in [-0.3, -0.25) is 4.79 Å². The molecular formula is C16H14N2O3. The molecule has 106 valence electrons. The van der Waals surface area contributed by atoms with E-state index in [1.165, 1.54) is 0 Å². The first kappa shape index (κ1) is 14.5. The minimum Gasteiger partial charge on any atom is -0.513 e. The summed E-state index contributed by atoms with van der Waals surface area (Å²) in [5.74, 6) is 0.229. The van der Waals surface area contributed by atoms with Gasteiger partial charge in [0.25, 0.3) is 0 Å². The number of carbonyl (C=O) groups is 1. The second-order valence-electron chi connectivity index (χ2n) is 4.11. The number of ether oxygens (including phenoxy) is 1. The third-order valence-corrected chi connectivity index (χ3v) is 2.74. The normalized spacial score (nSPS) is 11.6. The molecule has 0 spiro atoms. The summed E-state index contributed by atoms with van der Waals surface area (Å²) in [5.41, 5.74) is 0.853. The highest BCUT2D eigenvalue weighted by atomic mass is 16.5. The van der Waals surface area contributed by atoms with Crippen molar-refractivity contribution in [3.8, 4) is 5.75 Å². The average molecular weight is 282 g/mol. The highest BCUT2D eigenvalue weighted by molar-refractivity contribution is 6.08. The summed E-state index contributed by atoms with van der Waals surface area (Å²) in [5, 5.41) is 16.9. The lowest BCUT2D eigenvalue weighted by Gasteiger charge is -2.02. The first-order valence-electron chi connectivity index (χ1n) is 6.24. The predicted octanol–water partition coefficient (Wildman–Crippen LogP) is 4.06. The van der Waals surface area contributed by atoms with Crippen molar-refractivity contribution in [2.24, 2.45) is 10.2 Å². The number of hydrogen-bond donors (Lipinski definition) is 1. The number of hydrogen-bond acceptors (Lipinski definition) is 5. The minimum atomic E-state index is -0.417. The maximum absolute atomic E-state index is 12.2. The van der Waals surface area contributed by atoms with Gasteiger partial charge in [-0.05, 0) is 36.4 Å². The van der Waals surface area contributed by atoms with E-state index in [-0.39, 0.29) is 5.70 Å². The molecule has 0 radical (unpaired) electrons. The monoisotopic (exact) mass is 282 g/mol. The molecular weight excluding hydrogens is 268 g/mol. The predicted molar refractivity (Wildman–Crippen MR) is 79.0 cm³/mol. The van der Waals surface area contributed by atoms with Crippen molar-refractivity contribution >= 4 is 11.5 Å². The molecule has 0 unspecified atom stereocenters. The Morgan fingerprint density at radius 1 is 1.10 bits per heavy atom. The number of nitrogens with zero attached hydrogens (tertiary/aromatic N) is 2. The summed E-state index contributed by atoms with van der Waals surface area (Å²) in [4.78, 5) is 12.2. The van der Waals surface area contributed by atoms with Crippen LogP contribution in [0.3, 0.4) is 0 Å². The largest absolute Gasteiger partial charge is 0.513 e. The molecule has 0 aliphatic heterocycles. The van der Waals surface area contributed by atoms with Gasteiger partial charge < -0.3 is 9.84 Å². The molecule has 0 saturated carbocycles. The highest BCUT2D eigenvalue weighted by Crippen LogP contribution is 2.17. The van der Waals surface area contributed by atoms with Crippen molar-refractivity contribution in [1.29, 1.82) is 0 Å². The Morgan fingerprint density at radius 3 is 2.33 bits per heavy atom. The van der Waals surface area contributed by atoms with Crippen LogP contribution >= 0.6 is 0 Å². The van der Waals surface area contributed by atoms with Crippen LogP contribution in [0.25, 0.3) is 0 Å². The molecule has 0 bridgehead atoms. The second kappa shape index (κ2) is 7.00. The number of azo groups is 1. The maximum Gasteiger partial charge on any atom is 0.216 e. The molecule has 0 aromatic heterocycles. The van der Waals surface area contributed by atoms with Crippen molar-refractivity contribution in [1.82, 2.24) is 0 Å². The molecule has 2 aromatic carbocycles. The lowest BCUT2D eigenvalue weighted by molar-refractivity contribution is 0.102. The van der Waals surface area contributed by atoms with Gasteiger partial charge in [-0.1, -0.05) is 18.2 Å². The molecule has 0 saturated heterocycles. The second-order valence-corrected chi connectivity index (χ2v) is 4.11. The van der Waals surface area contributed by atoms with Crippen LogP contribution in [0.5, 0.6) is 5.75 Å². The van der Waals surface area contributed by atoms with Gasteiger partial charge in [0.05, 0.1) is 12.8 Å². The molecule has 21 heavy (non-hydrogen) atoms. The summed E-state index contributed by atoms with van der Waals surface area (Å²) >= 11 is 0. The van der Waals surface area contributed by atoms with Crippen LogP contribution in [0.15, 0.2) is 76.8 Å². The lowest BCUT2D eigenvalue weighted by atomic mass is 10.1. The molecule has 0 fully saturated rings. The molecule has 5 nitrogen and oxygen atoms in total. The Morgan fingerprint density at radius 2 is 1.76 bits per heavy atom. The smallest absolute Gasteiger partial charge is 0.216 e. The van der Waals surface area contributed by atoms with Gasteiger partial charge in [0.15, 0.2) is 5.70 Å². The molecule has 2 aromatic rings. The van der Waals surface area contributed by atoms with E-state index in [0.717, 1.165) is 0 Å². The van der Waals surface area contributed by atoms with E-state index in [4.69, 9.17) is 4.74 Å². The molecule has 0 atom stereocenters. The van der Waals surface area contributed by atoms with Crippen LogP contribution in [0.1, 0.15) is 10.4 Å². The van der Waals surface area contributed by atoms with E-state index >= 15 is 0 Å². The summed E-state index contributed by atoms with van der Waals surface area (Å²) in [6.45, 7) is 0. The van der Waals surface area contributed by atoms with Crippen LogP contribution in [0, 0.1) is 0 Å². The fourth-order valence-corrected chi connectivity index (χ4v) is 1.63. The van der Waals surface area contributed by atoms with E-state index in [0.29, 0.717) is 23.3 Å². The van der Waals surface area contributed by atoms with Crippen molar-refractivity contribution in [3.63, 3.8) is 0 Å². The van der Waals surface area contributed by atoms with E-state index in [2.05, 4.69) is 10.2 Å². The van der Waals surface area contributed by atoms with Gasteiger partial charge in [0.2, 0.25) is 5.78 Å². The number of carbonyl (C=O) groups excluding carboxylic acids is 1. The zero-order chi connectivity index (χ0) is 15.1. The van der Waals surface area contributed by atoms with Gasteiger partial charge in [-0.25, -0.2) is 0 Å². The standard InChI is InChI=1S/C16H14N2O3/c1-21-14-9-7-12(8-10-14)16(20)15(11-19)18-17-13-5-3-2-4-6-13/h2-11,19H,1H3/b15-11+,18-17?. The number of allylic oxidation sites excluding steroid dienone is 1. The Kier molecular flexibility index (Phi) is 4.82. The summed E-state index contributed by atoms with van der Waals surface area (Å²) in [6, 6.07) is 15.5. The molecule has 0 heterocycles. The number of methoxy groups -OCH3 is 1. The lowest BCUT2D eigenvalue weighted by Crippen LogP contribution is -2.01. The molecule has 1 N–H and O–H groups in total. The Hall–Kier alpha value is -2.95. The summed E-state index contributed by atoms with van der Waals surface area (Å²) < 4.78 is 5.02. The van der Waals surface area contributed by atoms with Crippen LogP contribution in [0.4, 0.5) is 5.69 Å². The Labute approximate surface area is 122 Å². The minimum absolute atomic E-state index is 0.135. The van der Waals surface area contributed by atoms with Gasteiger partial charge >= 0.3 is 0 Å². The number of benzene rings is 2. The Balaban J connectivity index is 2.17. The van der Waals surface area contributed by atoms with Gasteiger partial charge in [0, 0.05) is 5.56 Å². The summed E-state index contributed by atoms with van der Waals surface area (Å²) in [7, 11) is 1.55. The van der Waals surface area contributed by atoms with E-state index in [9.17, 15) is 9.90 Å². The van der Waals surface area contributed by atoms with Crippen molar-refractivity contribution in [3.05, 3.63) is 72.1 Å². The summed E-state index contributed by atoms with van der Waals surface area (Å²) in [6.07, 6.45) is 0.652. The number of Topliss-reactive ketones (excluding diaryl/α,β-unsaturated/α-hetero) is 1. The van der Waals surface area contributed by atoms with Crippen LogP contribution in [0.2, 0.25) is 0 Å². The number of ketones is 1. The topological polar surface area (TPSA) is 71.2 Å². The molecule has 0 aliphatic rings. The van der Waals surface area contributed by atoms with Crippen molar-refractivity contribution in [2.75, 3.05) is 7.11 Å². The van der Waals surface area contributed by atoms with E-state index < -0.39 is 5.78 Å². The first-order valence-corrected chi connectivity index (χ1v) is 6.24. The third kappa shape index (κ3) is 3.76.